The predicted molar refractivity (Wildman–Crippen MR) is 101 cm³/mol. The zero-order valence-corrected chi connectivity index (χ0v) is 15.9. The molecule has 0 saturated heterocycles. The standard InChI is InChI=1S/C19H18FN3O6/c1-26-14-8-13(9-15(27-2)17(14)28-3)21-16(24)10-23-19(25)29-18(22-23)11-4-6-12(20)7-5-11/h4-9H,10H2,1-3H3,(H,21,24). The van der Waals surface area contributed by atoms with Crippen molar-refractivity contribution in [3.05, 3.63) is 52.8 Å². The lowest BCUT2D eigenvalue weighted by molar-refractivity contribution is -0.117. The van der Waals surface area contributed by atoms with Gasteiger partial charge < -0.3 is 23.9 Å². The summed E-state index contributed by atoms with van der Waals surface area (Å²) in [5.74, 6) is -0.691. The van der Waals surface area contributed by atoms with E-state index in [1.807, 2.05) is 0 Å². The topological polar surface area (TPSA) is 105 Å². The number of methoxy groups -OCH3 is 3. The third-order valence-electron chi connectivity index (χ3n) is 3.94. The molecular formula is C19H18FN3O6. The zero-order valence-electron chi connectivity index (χ0n) is 15.9. The minimum absolute atomic E-state index is 0.0180. The molecular weight excluding hydrogens is 385 g/mol. The number of hydrogen-bond donors (Lipinski definition) is 1. The Bertz CT molecular complexity index is 1050. The van der Waals surface area contributed by atoms with Gasteiger partial charge >= 0.3 is 5.76 Å². The molecule has 0 fully saturated rings. The third kappa shape index (κ3) is 4.37. The number of rotatable bonds is 7. The first-order valence-electron chi connectivity index (χ1n) is 8.39. The molecule has 1 N–H and O–H groups in total. The van der Waals surface area contributed by atoms with Gasteiger partial charge in [0.2, 0.25) is 17.5 Å². The van der Waals surface area contributed by atoms with Crippen LogP contribution in [-0.4, -0.2) is 37.0 Å². The van der Waals surface area contributed by atoms with Gasteiger partial charge in [-0.2, -0.15) is 4.68 Å². The second-order valence-electron chi connectivity index (χ2n) is 5.80. The minimum Gasteiger partial charge on any atom is -0.493 e. The molecule has 3 rings (SSSR count). The maximum Gasteiger partial charge on any atom is 0.437 e. The smallest absolute Gasteiger partial charge is 0.437 e. The van der Waals surface area contributed by atoms with Gasteiger partial charge in [0.25, 0.3) is 0 Å². The van der Waals surface area contributed by atoms with Crippen molar-refractivity contribution in [3.8, 4) is 28.7 Å². The van der Waals surface area contributed by atoms with E-state index in [-0.39, 0.29) is 12.4 Å². The number of amides is 1. The van der Waals surface area contributed by atoms with E-state index in [9.17, 15) is 14.0 Å². The van der Waals surface area contributed by atoms with Crippen LogP contribution in [0, 0.1) is 5.82 Å². The largest absolute Gasteiger partial charge is 0.493 e. The van der Waals surface area contributed by atoms with E-state index in [0.29, 0.717) is 28.5 Å². The summed E-state index contributed by atoms with van der Waals surface area (Å²) in [6.07, 6.45) is 0. The van der Waals surface area contributed by atoms with Gasteiger partial charge in [-0.05, 0) is 24.3 Å². The lowest BCUT2D eigenvalue weighted by Crippen LogP contribution is -2.25. The van der Waals surface area contributed by atoms with Crippen LogP contribution < -0.4 is 25.3 Å². The molecule has 0 saturated carbocycles. The maximum atomic E-state index is 13.0. The fraction of sp³-hybridized carbons (Fsp3) is 0.211. The molecule has 0 spiro atoms. The molecule has 0 aliphatic carbocycles. The summed E-state index contributed by atoms with van der Waals surface area (Å²) >= 11 is 0. The van der Waals surface area contributed by atoms with Crippen LogP contribution in [0.25, 0.3) is 11.5 Å². The normalized spacial score (nSPS) is 10.5. The lowest BCUT2D eigenvalue weighted by Gasteiger charge is -2.14. The number of ether oxygens (including phenoxy) is 3. The molecule has 1 heterocycles. The van der Waals surface area contributed by atoms with Crippen molar-refractivity contribution >= 4 is 11.6 Å². The number of carbonyl (C=O) groups excluding carboxylic acids is 1. The minimum atomic E-state index is -0.815. The van der Waals surface area contributed by atoms with Gasteiger partial charge in [0, 0.05) is 23.4 Å². The molecule has 9 nitrogen and oxygen atoms in total. The first kappa shape index (κ1) is 19.9. The highest BCUT2D eigenvalue weighted by molar-refractivity contribution is 5.91. The summed E-state index contributed by atoms with van der Waals surface area (Å²) in [5.41, 5.74) is 0.784. The molecule has 0 unspecified atom stereocenters. The van der Waals surface area contributed by atoms with Crippen LogP contribution in [0.15, 0.2) is 45.6 Å². The number of aromatic nitrogens is 2. The number of carbonyl (C=O) groups is 1. The van der Waals surface area contributed by atoms with Crippen molar-refractivity contribution in [3.63, 3.8) is 0 Å². The molecule has 0 aliphatic heterocycles. The van der Waals surface area contributed by atoms with Gasteiger partial charge in [0.15, 0.2) is 11.5 Å². The Labute approximate surface area is 164 Å². The monoisotopic (exact) mass is 403 g/mol. The lowest BCUT2D eigenvalue weighted by atomic mass is 10.2. The number of benzene rings is 2. The molecule has 29 heavy (non-hydrogen) atoms. The summed E-state index contributed by atoms with van der Waals surface area (Å²) < 4.78 is 34.6. The Morgan fingerprint density at radius 3 is 2.28 bits per heavy atom. The molecule has 1 aromatic heterocycles. The molecule has 1 amide bonds. The summed E-state index contributed by atoms with van der Waals surface area (Å²) in [6, 6.07) is 8.36. The SMILES string of the molecule is COc1cc(NC(=O)Cn2nc(-c3ccc(F)cc3)oc2=O)cc(OC)c1OC. The highest BCUT2D eigenvalue weighted by Gasteiger charge is 2.17. The number of anilines is 1. The number of nitrogens with zero attached hydrogens (tertiary/aromatic N) is 2. The van der Waals surface area contributed by atoms with Crippen molar-refractivity contribution in [1.29, 1.82) is 0 Å². The second-order valence-corrected chi connectivity index (χ2v) is 5.80. The second kappa shape index (κ2) is 8.46. The van der Waals surface area contributed by atoms with E-state index in [1.165, 1.54) is 45.6 Å². The van der Waals surface area contributed by atoms with Gasteiger partial charge in [-0.15, -0.1) is 5.10 Å². The fourth-order valence-corrected chi connectivity index (χ4v) is 2.61. The van der Waals surface area contributed by atoms with Gasteiger partial charge in [0.05, 0.1) is 21.3 Å². The van der Waals surface area contributed by atoms with Crippen LogP contribution >= 0.6 is 0 Å². The van der Waals surface area contributed by atoms with Crippen LogP contribution in [0.4, 0.5) is 10.1 Å². The summed E-state index contributed by atoms with van der Waals surface area (Å²) in [5, 5.41) is 6.60. The van der Waals surface area contributed by atoms with Crippen LogP contribution in [0.2, 0.25) is 0 Å². The zero-order chi connectivity index (χ0) is 21.0. The van der Waals surface area contributed by atoms with Gasteiger partial charge in [-0.3, -0.25) is 4.79 Å². The predicted octanol–water partition coefficient (Wildman–Crippen LogP) is 2.31. The van der Waals surface area contributed by atoms with E-state index in [1.54, 1.807) is 12.1 Å². The number of nitrogens with one attached hydrogen (secondary N) is 1. The van der Waals surface area contributed by atoms with E-state index in [4.69, 9.17) is 18.6 Å². The first-order valence-corrected chi connectivity index (χ1v) is 8.39. The molecule has 0 atom stereocenters. The van der Waals surface area contributed by atoms with Crippen molar-refractivity contribution < 1.29 is 27.8 Å². The molecule has 0 bridgehead atoms. The fourth-order valence-electron chi connectivity index (χ4n) is 2.61. The van der Waals surface area contributed by atoms with Crippen LogP contribution in [0.1, 0.15) is 0 Å². The van der Waals surface area contributed by atoms with E-state index < -0.39 is 17.5 Å². The average molecular weight is 403 g/mol. The Morgan fingerprint density at radius 2 is 1.72 bits per heavy atom. The molecule has 3 aromatic rings. The molecule has 152 valence electrons. The molecule has 0 aliphatic rings. The van der Waals surface area contributed by atoms with E-state index in [2.05, 4.69) is 10.4 Å². The van der Waals surface area contributed by atoms with Crippen LogP contribution in [-0.2, 0) is 11.3 Å². The highest BCUT2D eigenvalue weighted by Crippen LogP contribution is 2.39. The molecule has 2 aromatic carbocycles. The average Bonchev–Trinajstić information content (AvgIpc) is 3.07. The van der Waals surface area contributed by atoms with Crippen LogP contribution in [0.3, 0.4) is 0 Å². The summed E-state index contributed by atoms with van der Waals surface area (Å²) in [7, 11) is 4.37. The van der Waals surface area contributed by atoms with Gasteiger partial charge in [-0.1, -0.05) is 0 Å². The van der Waals surface area contributed by atoms with E-state index >= 15 is 0 Å². The van der Waals surface area contributed by atoms with Gasteiger partial charge in [-0.25, -0.2) is 9.18 Å². The Hall–Kier alpha value is -3.82. The molecule has 10 heteroatoms. The number of hydrogen-bond acceptors (Lipinski definition) is 7. The quantitative estimate of drug-likeness (QED) is 0.645. The Balaban J connectivity index is 1.78. The van der Waals surface area contributed by atoms with Crippen molar-refractivity contribution in [2.24, 2.45) is 0 Å². The van der Waals surface area contributed by atoms with Crippen molar-refractivity contribution in [2.75, 3.05) is 26.6 Å². The third-order valence-corrected chi connectivity index (χ3v) is 3.94. The van der Waals surface area contributed by atoms with Crippen molar-refractivity contribution in [2.45, 2.75) is 6.54 Å². The first-order chi connectivity index (χ1) is 13.9. The van der Waals surface area contributed by atoms with E-state index in [0.717, 1.165) is 4.68 Å². The molecule has 0 radical (unpaired) electrons. The highest BCUT2D eigenvalue weighted by atomic mass is 19.1. The van der Waals surface area contributed by atoms with Gasteiger partial charge in [0.1, 0.15) is 12.4 Å². The maximum absolute atomic E-state index is 13.0. The Morgan fingerprint density at radius 1 is 1.10 bits per heavy atom. The summed E-state index contributed by atoms with van der Waals surface area (Å²) in [6.45, 7) is -0.389. The van der Waals surface area contributed by atoms with Crippen LogP contribution in [0.5, 0.6) is 17.2 Å². The Kier molecular flexibility index (Phi) is 5.82. The number of halogens is 1. The summed E-state index contributed by atoms with van der Waals surface area (Å²) in [4.78, 5) is 24.3. The van der Waals surface area contributed by atoms with Crippen molar-refractivity contribution in [1.82, 2.24) is 9.78 Å².